The fourth-order valence-corrected chi connectivity index (χ4v) is 3.46. The average molecular weight is 398 g/mol. The highest BCUT2D eigenvalue weighted by Crippen LogP contribution is 2.25. The van der Waals surface area contributed by atoms with E-state index in [2.05, 4.69) is 20.1 Å². The minimum absolute atomic E-state index is 0. The molecule has 3 N–H and O–H groups in total. The van der Waals surface area contributed by atoms with Gasteiger partial charge in [0.05, 0.1) is 6.42 Å². The van der Waals surface area contributed by atoms with E-state index < -0.39 is 0 Å². The summed E-state index contributed by atoms with van der Waals surface area (Å²) in [5.41, 5.74) is 9.05. The number of aryl methyl sites for hydroxylation is 1. The van der Waals surface area contributed by atoms with Crippen molar-refractivity contribution in [3.05, 3.63) is 59.9 Å². The number of rotatable bonds is 4. The van der Waals surface area contributed by atoms with E-state index in [0.29, 0.717) is 12.1 Å². The normalized spacial score (nSPS) is 13.1. The summed E-state index contributed by atoms with van der Waals surface area (Å²) in [6.07, 6.45) is 4.83. The molecule has 3 aromatic rings. The molecule has 4 rings (SSSR count). The van der Waals surface area contributed by atoms with Crippen molar-refractivity contribution in [3.63, 3.8) is 0 Å². The number of fused-ring (bicyclic) bond motifs is 1. The van der Waals surface area contributed by atoms with Crippen molar-refractivity contribution < 1.29 is 4.79 Å². The SMILES string of the molecule is Cl.Nc1ccc(CC(=O)Nc2cccc(-c3nnc4n3CCCCC4)c2)cc1. The van der Waals surface area contributed by atoms with Crippen LogP contribution >= 0.6 is 12.4 Å². The highest BCUT2D eigenvalue weighted by Gasteiger charge is 2.16. The van der Waals surface area contributed by atoms with E-state index >= 15 is 0 Å². The summed E-state index contributed by atoms with van der Waals surface area (Å²) in [6.45, 7) is 0.950. The molecule has 0 bridgehead atoms. The average Bonchev–Trinajstić information content (AvgIpc) is 2.92. The molecule has 1 aromatic heterocycles. The van der Waals surface area contributed by atoms with Gasteiger partial charge in [-0.1, -0.05) is 30.7 Å². The number of nitrogen functional groups attached to an aromatic ring is 1. The molecule has 0 spiro atoms. The third-order valence-electron chi connectivity index (χ3n) is 4.86. The van der Waals surface area contributed by atoms with Gasteiger partial charge in [-0.05, 0) is 42.7 Å². The van der Waals surface area contributed by atoms with E-state index in [-0.39, 0.29) is 18.3 Å². The van der Waals surface area contributed by atoms with Crippen LogP contribution in [0.4, 0.5) is 11.4 Å². The summed E-state index contributed by atoms with van der Waals surface area (Å²) in [5, 5.41) is 11.7. The molecule has 0 saturated heterocycles. The lowest BCUT2D eigenvalue weighted by Crippen LogP contribution is -2.14. The van der Waals surface area contributed by atoms with Crippen LogP contribution in [-0.2, 0) is 24.2 Å². The number of carbonyl (C=O) groups is 1. The maximum atomic E-state index is 12.4. The summed E-state index contributed by atoms with van der Waals surface area (Å²) in [4.78, 5) is 12.4. The number of amides is 1. The van der Waals surface area contributed by atoms with Crippen LogP contribution in [0.2, 0.25) is 0 Å². The van der Waals surface area contributed by atoms with Gasteiger partial charge in [0.15, 0.2) is 5.82 Å². The largest absolute Gasteiger partial charge is 0.399 e. The van der Waals surface area contributed by atoms with Gasteiger partial charge in [-0.3, -0.25) is 4.79 Å². The monoisotopic (exact) mass is 397 g/mol. The van der Waals surface area contributed by atoms with E-state index in [9.17, 15) is 4.79 Å². The van der Waals surface area contributed by atoms with E-state index in [1.54, 1.807) is 12.1 Å². The van der Waals surface area contributed by atoms with Crippen molar-refractivity contribution in [1.82, 2.24) is 14.8 Å². The van der Waals surface area contributed by atoms with E-state index in [1.807, 2.05) is 36.4 Å². The molecule has 0 radical (unpaired) electrons. The summed E-state index contributed by atoms with van der Waals surface area (Å²) >= 11 is 0. The lowest BCUT2D eigenvalue weighted by Gasteiger charge is -2.10. The van der Waals surface area contributed by atoms with Crippen LogP contribution in [0.25, 0.3) is 11.4 Å². The van der Waals surface area contributed by atoms with Gasteiger partial charge < -0.3 is 15.6 Å². The van der Waals surface area contributed by atoms with Crippen LogP contribution in [0, 0.1) is 0 Å². The van der Waals surface area contributed by atoms with Gasteiger partial charge in [-0.15, -0.1) is 22.6 Å². The Kier molecular flexibility index (Phi) is 6.31. The zero-order chi connectivity index (χ0) is 18.6. The fraction of sp³-hybridized carbons (Fsp3) is 0.286. The lowest BCUT2D eigenvalue weighted by atomic mass is 10.1. The number of carbonyl (C=O) groups excluding carboxylic acids is 1. The van der Waals surface area contributed by atoms with Gasteiger partial charge >= 0.3 is 0 Å². The third-order valence-corrected chi connectivity index (χ3v) is 4.86. The van der Waals surface area contributed by atoms with Gasteiger partial charge in [-0.25, -0.2) is 0 Å². The predicted octanol–water partition coefficient (Wildman–Crippen LogP) is 3.86. The summed E-state index contributed by atoms with van der Waals surface area (Å²) in [7, 11) is 0. The Hall–Kier alpha value is -2.86. The Morgan fingerprint density at radius 3 is 2.71 bits per heavy atom. The van der Waals surface area contributed by atoms with Gasteiger partial charge in [0, 0.05) is 29.9 Å². The molecule has 7 heteroatoms. The van der Waals surface area contributed by atoms with Gasteiger partial charge in [0.2, 0.25) is 5.91 Å². The maximum absolute atomic E-state index is 12.4. The first kappa shape index (κ1) is 19.9. The van der Waals surface area contributed by atoms with Crippen LogP contribution in [0.15, 0.2) is 48.5 Å². The number of nitrogens with one attached hydrogen (secondary N) is 1. The second kappa shape index (κ2) is 8.89. The van der Waals surface area contributed by atoms with Crippen molar-refractivity contribution in [3.8, 4) is 11.4 Å². The molecule has 0 atom stereocenters. The molecule has 1 amide bonds. The van der Waals surface area contributed by atoms with E-state index in [0.717, 1.165) is 47.8 Å². The fourth-order valence-electron chi connectivity index (χ4n) is 3.46. The van der Waals surface area contributed by atoms with Crippen LogP contribution in [-0.4, -0.2) is 20.7 Å². The number of halogens is 1. The molecule has 6 nitrogen and oxygen atoms in total. The van der Waals surface area contributed by atoms with Gasteiger partial charge in [-0.2, -0.15) is 0 Å². The van der Waals surface area contributed by atoms with Crippen LogP contribution in [0.1, 0.15) is 30.7 Å². The second-order valence-corrected chi connectivity index (χ2v) is 6.95. The Balaban J connectivity index is 0.00000225. The topological polar surface area (TPSA) is 85.8 Å². The number of nitrogens with two attached hydrogens (primary N) is 1. The minimum Gasteiger partial charge on any atom is -0.399 e. The van der Waals surface area contributed by atoms with Crippen LogP contribution in [0.3, 0.4) is 0 Å². The Morgan fingerprint density at radius 1 is 1.07 bits per heavy atom. The molecule has 2 aromatic carbocycles. The number of benzene rings is 2. The molecule has 0 saturated carbocycles. The Bertz CT molecular complexity index is 952. The Labute approximate surface area is 170 Å². The van der Waals surface area contributed by atoms with Gasteiger partial charge in [0.1, 0.15) is 5.82 Å². The Morgan fingerprint density at radius 2 is 1.89 bits per heavy atom. The van der Waals surface area contributed by atoms with E-state index in [1.165, 1.54) is 12.8 Å². The quantitative estimate of drug-likeness (QED) is 0.654. The molecule has 28 heavy (non-hydrogen) atoms. The molecule has 1 aliphatic heterocycles. The van der Waals surface area contributed by atoms with Crippen LogP contribution < -0.4 is 11.1 Å². The molecule has 0 fully saturated rings. The molecule has 0 unspecified atom stereocenters. The van der Waals surface area contributed by atoms with Gasteiger partial charge in [0.25, 0.3) is 0 Å². The molecular weight excluding hydrogens is 374 g/mol. The number of nitrogens with zero attached hydrogens (tertiary/aromatic N) is 3. The number of hydrogen-bond donors (Lipinski definition) is 2. The maximum Gasteiger partial charge on any atom is 0.228 e. The number of hydrogen-bond acceptors (Lipinski definition) is 4. The zero-order valence-corrected chi connectivity index (χ0v) is 16.4. The van der Waals surface area contributed by atoms with Crippen LogP contribution in [0.5, 0.6) is 0 Å². The molecular formula is C21H24ClN5O. The zero-order valence-electron chi connectivity index (χ0n) is 15.6. The molecule has 0 aliphatic carbocycles. The summed E-state index contributed by atoms with van der Waals surface area (Å²) in [6, 6.07) is 15.2. The van der Waals surface area contributed by atoms with E-state index in [4.69, 9.17) is 5.73 Å². The molecule has 1 aliphatic rings. The minimum atomic E-state index is -0.0583. The van der Waals surface area contributed by atoms with Crippen molar-refractivity contribution >= 4 is 29.7 Å². The summed E-state index contributed by atoms with van der Waals surface area (Å²) in [5.74, 6) is 1.87. The first-order valence-corrected chi connectivity index (χ1v) is 9.36. The highest BCUT2D eigenvalue weighted by molar-refractivity contribution is 5.92. The first-order chi connectivity index (χ1) is 13.2. The van der Waals surface area contributed by atoms with Crippen molar-refractivity contribution in [2.45, 2.75) is 38.6 Å². The lowest BCUT2D eigenvalue weighted by molar-refractivity contribution is -0.115. The van der Waals surface area contributed by atoms with Crippen molar-refractivity contribution in [2.24, 2.45) is 0 Å². The number of aromatic nitrogens is 3. The molecule has 146 valence electrons. The predicted molar refractivity (Wildman–Crippen MR) is 113 cm³/mol. The first-order valence-electron chi connectivity index (χ1n) is 9.36. The standard InChI is InChI=1S/C21H23N5O.ClH/c22-17-10-8-15(9-11-17)13-20(27)23-18-6-4-5-16(14-18)21-25-24-19-7-2-1-3-12-26(19)21;/h4-6,8-11,14H,1-3,7,12-13,22H2,(H,23,27);1H. The second-order valence-electron chi connectivity index (χ2n) is 6.95. The smallest absolute Gasteiger partial charge is 0.228 e. The summed E-state index contributed by atoms with van der Waals surface area (Å²) < 4.78 is 2.21. The third kappa shape index (κ3) is 4.51. The highest BCUT2D eigenvalue weighted by atomic mass is 35.5. The van der Waals surface area contributed by atoms with Crippen molar-refractivity contribution in [2.75, 3.05) is 11.1 Å². The molecule has 2 heterocycles. The van der Waals surface area contributed by atoms with Crippen molar-refractivity contribution in [1.29, 1.82) is 0 Å². The number of anilines is 2.